The van der Waals surface area contributed by atoms with E-state index in [4.69, 9.17) is 34.2 Å². The number of amides is 10. The van der Waals surface area contributed by atoms with Gasteiger partial charge in [0.15, 0.2) is 49.2 Å². The number of hydrogen-bond acceptors (Lipinski definition) is 30. The smallest absolute Gasteiger partial charge is 0.410 e. The van der Waals surface area contributed by atoms with Gasteiger partial charge in [0, 0.05) is 84.3 Å². The van der Waals surface area contributed by atoms with Crippen LogP contribution in [0, 0.1) is 5.92 Å². The molecule has 772 valence electrons. The number of alkyl carbamates (subject to hydrolysis) is 1. The second-order valence-electron chi connectivity index (χ2n) is 42.8. The number of likely N-dealkylation sites (tertiary alicyclic amines) is 5. The molecule has 0 radical (unpaired) electrons. The SMILES string of the molecule is CC(C)(C)OC(=O)N1CCC(=O)CC1.CC(C)(C)OC(=O)N1CCC2(CC1)C(C(=O)O)CCS2(=O)=O.CC(C)(C)OC(=O)N1CCC2(CC1)C(N)CCS2(=O)=O.CC(C)(C)OC(=O)N1CCC2(CC1)C(N1C(=O)c3ccccc3C1=O)CCS2(=O)=O.CC(C)(C)OC(=O)N1CCC2(CC1)C(NC(=O)OCc1ccccc1)CCS2(=O)=O.O=C1c2ccccc2C(=O)N1C1CCS(=O)(=O)C12CCNCC2. The van der Waals surface area contributed by atoms with Gasteiger partial charge in [-0.3, -0.25) is 38.6 Å². The average Bonchev–Trinajstić information content (AvgIpc) is 1.57. The third-order valence-electron chi connectivity index (χ3n) is 28.2. The van der Waals surface area contributed by atoms with Gasteiger partial charge in [-0.2, -0.15) is 0 Å². The number of sulfone groups is 5. The number of benzene rings is 3. The lowest BCUT2D eigenvalue weighted by Crippen LogP contribution is -2.59. The third-order valence-corrected chi connectivity index (χ3v) is 41.7. The van der Waals surface area contributed by atoms with Crippen molar-refractivity contribution in [1.29, 1.82) is 0 Å². The molecule has 5 unspecified atom stereocenters. The zero-order chi connectivity index (χ0) is 103. The van der Waals surface area contributed by atoms with Crippen LogP contribution >= 0.6 is 0 Å². The highest BCUT2D eigenvalue weighted by Crippen LogP contribution is 2.50. The van der Waals surface area contributed by atoms with Crippen LogP contribution in [0.1, 0.15) is 260 Å². The molecule has 5 spiro atoms. The van der Waals surface area contributed by atoms with Gasteiger partial charge in [-0.1, -0.05) is 54.6 Å². The molecule has 0 aromatic heterocycles. The van der Waals surface area contributed by atoms with E-state index in [0.29, 0.717) is 119 Å². The summed E-state index contributed by atoms with van der Waals surface area (Å²) in [6.45, 7) is 31.4. The van der Waals surface area contributed by atoms with Gasteiger partial charge in [-0.25, -0.2) is 70.9 Å². The number of nitrogens with two attached hydrogens (primary N) is 1. The summed E-state index contributed by atoms with van der Waals surface area (Å²) in [6.07, 6.45) is 2.69. The Hall–Kier alpha value is -9.63. The van der Waals surface area contributed by atoms with Crippen molar-refractivity contribution in [1.82, 2.24) is 44.9 Å². The topological polar surface area (TPSA) is 524 Å². The first-order valence-electron chi connectivity index (χ1n) is 47.5. The first-order chi connectivity index (χ1) is 64.4. The Labute approximate surface area is 815 Å². The highest BCUT2D eigenvalue weighted by atomic mass is 32.2. The van der Waals surface area contributed by atoms with E-state index in [1.165, 1.54) is 19.6 Å². The van der Waals surface area contributed by atoms with Crippen LogP contribution in [0.5, 0.6) is 0 Å². The number of nitrogens with zero attached hydrogens (tertiary/aromatic N) is 7. The van der Waals surface area contributed by atoms with Crippen LogP contribution in [0.25, 0.3) is 0 Å². The Balaban J connectivity index is 0.000000162. The normalized spacial score (nSPS) is 25.1. The number of ketones is 1. The summed E-state index contributed by atoms with van der Waals surface area (Å²) >= 11 is 0. The Kier molecular flexibility index (Phi) is 33.0. The molecular weight excluding hydrogens is 1910 g/mol. The molecule has 13 aliphatic rings. The van der Waals surface area contributed by atoms with Gasteiger partial charge in [0.2, 0.25) is 0 Å². The number of carboxylic acid groups (broad SMARTS) is 1. The van der Waals surface area contributed by atoms with Gasteiger partial charge in [-0.15, -0.1) is 0 Å². The monoisotopic (exact) mass is 2040 g/mol. The number of rotatable bonds is 6. The number of nitrogens with one attached hydrogen (secondary N) is 2. The number of fused-ring (bicyclic) bond motifs is 2. The molecule has 10 amide bonds. The number of Topliss-reactive ketones (excluding diaryl/α,β-unsaturated/α-hetero) is 1. The van der Waals surface area contributed by atoms with Crippen LogP contribution in [-0.4, -0.2) is 337 Å². The summed E-state index contributed by atoms with van der Waals surface area (Å²) in [5, 5.41) is 15.3. The van der Waals surface area contributed by atoms with Crippen molar-refractivity contribution in [2.75, 3.05) is 107 Å². The van der Waals surface area contributed by atoms with Crippen molar-refractivity contribution in [3.63, 3.8) is 0 Å². The molecule has 3 aromatic rings. The van der Waals surface area contributed by atoms with E-state index in [2.05, 4.69) is 10.6 Å². The zero-order valence-electron chi connectivity index (χ0n) is 82.3. The molecule has 39 nitrogen and oxygen atoms in total. The highest BCUT2D eigenvalue weighted by molar-refractivity contribution is 7.94. The third kappa shape index (κ3) is 24.1. The summed E-state index contributed by atoms with van der Waals surface area (Å²) in [5.41, 5.74) is 5.40. The number of hydrogen-bond donors (Lipinski definition) is 4. The Morgan fingerprint density at radius 1 is 0.374 bits per heavy atom. The van der Waals surface area contributed by atoms with E-state index < -0.39 is 167 Å². The van der Waals surface area contributed by atoms with Crippen LogP contribution < -0.4 is 16.4 Å². The maximum atomic E-state index is 13.1. The lowest BCUT2D eigenvalue weighted by Gasteiger charge is -2.43. The quantitative estimate of drug-likeness (QED) is 0.132. The predicted molar refractivity (Wildman–Crippen MR) is 512 cm³/mol. The van der Waals surface area contributed by atoms with Crippen molar-refractivity contribution in [3.05, 3.63) is 107 Å². The van der Waals surface area contributed by atoms with Crippen LogP contribution in [0.3, 0.4) is 0 Å². The van der Waals surface area contributed by atoms with Gasteiger partial charge >= 0.3 is 42.5 Å². The molecule has 13 heterocycles. The van der Waals surface area contributed by atoms with Gasteiger partial charge in [0.1, 0.15) is 40.4 Å². The molecule has 44 heteroatoms. The van der Waals surface area contributed by atoms with Crippen LogP contribution in [0.2, 0.25) is 0 Å². The minimum Gasteiger partial charge on any atom is -0.481 e. The van der Waals surface area contributed by atoms with Crippen molar-refractivity contribution in [2.45, 2.75) is 296 Å². The molecule has 0 bridgehead atoms. The molecule has 11 saturated heterocycles. The number of imide groups is 2. The van der Waals surface area contributed by atoms with E-state index in [-0.39, 0.29) is 162 Å². The maximum absolute atomic E-state index is 13.1. The molecule has 16 rings (SSSR count). The summed E-state index contributed by atoms with van der Waals surface area (Å²) in [6, 6.07) is 20.4. The van der Waals surface area contributed by atoms with Gasteiger partial charge < -0.3 is 74.4 Å². The van der Waals surface area contributed by atoms with E-state index in [1.807, 2.05) is 71.9 Å². The van der Waals surface area contributed by atoms with Crippen LogP contribution in [0.15, 0.2) is 78.9 Å². The van der Waals surface area contributed by atoms with E-state index >= 15 is 0 Å². The van der Waals surface area contributed by atoms with Gasteiger partial charge in [0.05, 0.1) is 98.8 Å². The molecule has 139 heavy (non-hydrogen) atoms. The maximum Gasteiger partial charge on any atom is 0.410 e. The van der Waals surface area contributed by atoms with Crippen molar-refractivity contribution < 1.29 is 133 Å². The second-order valence-corrected chi connectivity index (χ2v) is 55.1. The molecule has 5 N–H and O–H groups in total. The molecular formula is C95H138N10O29S5. The fourth-order valence-electron chi connectivity index (χ4n) is 20.9. The first-order valence-corrected chi connectivity index (χ1v) is 55.8. The lowest BCUT2D eigenvalue weighted by atomic mass is 9.82. The lowest BCUT2D eigenvalue weighted by molar-refractivity contribution is -0.143. The fraction of sp³-hybridized carbons (Fsp3) is 0.684. The molecule has 5 atom stereocenters. The number of ether oxygens (including phenoxy) is 6. The van der Waals surface area contributed by atoms with Crippen molar-refractivity contribution in [2.24, 2.45) is 11.7 Å². The number of aliphatic carboxylic acids is 1. The molecule has 0 aliphatic carbocycles. The number of carboxylic acids is 1. The Morgan fingerprint density at radius 3 is 0.993 bits per heavy atom. The summed E-state index contributed by atoms with van der Waals surface area (Å²) in [5.74, 6) is -3.23. The Morgan fingerprint density at radius 2 is 0.655 bits per heavy atom. The molecule has 13 aliphatic heterocycles. The first kappa shape index (κ1) is 110. The number of piperidine rings is 6. The average molecular weight is 2040 g/mol. The molecule has 11 fully saturated rings. The van der Waals surface area contributed by atoms with E-state index in [1.54, 1.807) is 121 Å². The second kappa shape index (κ2) is 41.7. The highest BCUT2D eigenvalue weighted by Gasteiger charge is 2.65. The van der Waals surface area contributed by atoms with Crippen molar-refractivity contribution >= 4 is 121 Å². The number of carbonyl (C=O) groups is 12. The fourth-order valence-corrected chi connectivity index (χ4v) is 32.8. The minimum atomic E-state index is -3.54. The van der Waals surface area contributed by atoms with Gasteiger partial charge in [0.25, 0.3) is 23.6 Å². The minimum absolute atomic E-state index is 0.0169. The molecule has 0 saturated carbocycles. The van der Waals surface area contributed by atoms with Crippen LogP contribution in [0.4, 0.5) is 28.8 Å². The number of carbonyl (C=O) groups excluding carboxylic acids is 11. The Bertz CT molecular complexity index is 5650. The summed E-state index contributed by atoms with van der Waals surface area (Å²) < 4.78 is 153. The van der Waals surface area contributed by atoms with E-state index in [9.17, 15) is 105 Å². The zero-order valence-corrected chi connectivity index (χ0v) is 86.4. The van der Waals surface area contributed by atoms with E-state index in [0.717, 1.165) is 10.5 Å². The summed E-state index contributed by atoms with van der Waals surface area (Å²) in [4.78, 5) is 156. The standard InChI is InChI=1S/C21H26N2O6S.C21H30N2O6S.C16H18N2O4S.C14H23NO6S.C13H24N2O4S.C10H17NO3/c1-20(2,3)29-19(26)22-11-9-21(10-12-22)16(8-13-30(21,27)28)23-17(24)14-6-4-5-7-15(14)18(23)25;1-20(2,3)29-19(25)23-12-10-21(11-13-23)17(9-14-30(21,26)27)22-18(24)28-15-16-7-5-4-6-8-16;19-14-11-3-1-2-4-12(11)15(20)18(14)13-5-10-23(21,22)16(13)6-8-17-9-7-16;1-13(2,3)21-12(18)15-7-5-14(6-8-15)10(11(16)17)4-9-22(14,19)20;1-12(2,3)19-11(16)15-7-5-13(6-8-15)10(14)4-9-20(13,17)18;1-10(2,3)14-9(13)11-6-4-8(12)5-7-11/h4-7,16H,8-13H2,1-3H3;4-8,17H,9-15H2,1-3H3,(H,22,24);1-4,13,17H,5-10H2;10H,4-9H2,1-3H3,(H,16,17);10H,4-9,14H2,1-3H3;4-7H2,1-3H3. The van der Waals surface area contributed by atoms with Crippen LogP contribution in [-0.2, 0) is 93.8 Å². The predicted octanol–water partition coefficient (Wildman–Crippen LogP) is 9.46. The summed E-state index contributed by atoms with van der Waals surface area (Å²) in [7, 11) is -16.9. The van der Waals surface area contributed by atoms with Gasteiger partial charge in [-0.05, 0) is 243 Å². The largest absolute Gasteiger partial charge is 0.481 e. The molecule has 3 aromatic carbocycles. The van der Waals surface area contributed by atoms with Crippen molar-refractivity contribution in [3.8, 4) is 0 Å².